The van der Waals surface area contributed by atoms with Crippen LogP contribution in [0.2, 0.25) is 0 Å². The van der Waals surface area contributed by atoms with Crippen LogP contribution in [-0.2, 0) is 11.2 Å². The highest BCUT2D eigenvalue weighted by Gasteiger charge is 2.33. The van der Waals surface area contributed by atoms with Crippen molar-refractivity contribution in [3.05, 3.63) is 40.3 Å². The molecule has 0 saturated carbocycles. The minimum absolute atomic E-state index is 0.158. The number of thiazole rings is 1. The Labute approximate surface area is 133 Å². The van der Waals surface area contributed by atoms with E-state index in [2.05, 4.69) is 10.3 Å². The Morgan fingerprint density at radius 1 is 1.32 bits per heavy atom. The number of amides is 1. The Kier molecular flexibility index (Phi) is 4.29. The molecule has 1 amide bonds. The van der Waals surface area contributed by atoms with Crippen LogP contribution in [0, 0.1) is 6.92 Å². The number of carbonyl (C=O) groups excluding carboxylic acids is 1. The Balaban J connectivity index is 1.56. The summed E-state index contributed by atoms with van der Waals surface area (Å²) in [7, 11) is 0. The number of hydrogen-bond donors (Lipinski definition) is 1. The van der Waals surface area contributed by atoms with E-state index in [1.165, 1.54) is 0 Å². The Bertz CT molecular complexity index is 671. The summed E-state index contributed by atoms with van der Waals surface area (Å²) in [6, 6.07) is 7.38. The van der Waals surface area contributed by atoms with Gasteiger partial charge in [0.05, 0.1) is 10.7 Å². The number of ether oxygens (including phenoxy) is 2. The van der Waals surface area contributed by atoms with Crippen molar-refractivity contribution in [3.8, 4) is 11.5 Å². The lowest BCUT2D eigenvalue weighted by Crippen LogP contribution is -2.49. The molecule has 0 aliphatic carbocycles. The van der Waals surface area contributed by atoms with Gasteiger partial charge < -0.3 is 14.8 Å². The molecular formula is C16H18N2O3S. The summed E-state index contributed by atoms with van der Waals surface area (Å²) in [5.41, 5.74) is 1.00. The summed E-state index contributed by atoms with van der Waals surface area (Å²) in [5, 5.41) is 5.94. The zero-order chi connectivity index (χ0) is 15.5. The highest BCUT2D eigenvalue weighted by Crippen LogP contribution is 2.33. The number of aromatic nitrogens is 1. The zero-order valence-corrected chi connectivity index (χ0v) is 13.4. The fraction of sp³-hybridized carbons (Fsp3) is 0.375. The maximum atomic E-state index is 12.3. The van der Waals surface area contributed by atoms with Gasteiger partial charge in [-0.05, 0) is 26.0 Å². The zero-order valence-electron chi connectivity index (χ0n) is 12.5. The van der Waals surface area contributed by atoms with Crippen molar-refractivity contribution >= 4 is 17.2 Å². The Hall–Kier alpha value is -2.08. The van der Waals surface area contributed by atoms with E-state index in [9.17, 15) is 4.79 Å². The molecule has 3 rings (SSSR count). The minimum Gasteiger partial charge on any atom is -0.482 e. The van der Waals surface area contributed by atoms with Gasteiger partial charge in [0.2, 0.25) is 6.10 Å². The first-order valence-corrected chi connectivity index (χ1v) is 8.12. The van der Waals surface area contributed by atoms with E-state index in [0.29, 0.717) is 24.5 Å². The molecule has 1 aromatic heterocycles. The molecule has 1 aliphatic rings. The molecular weight excluding hydrogens is 300 g/mol. The van der Waals surface area contributed by atoms with Crippen LogP contribution in [0.3, 0.4) is 0 Å². The molecule has 1 aliphatic heterocycles. The van der Waals surface area contributed by atoms with Gasteiger partial charge in [-0.2, -0.15) is 0 Å². The van der Waals surface area contributed by atoms with Gasteiger partial charge in [0.1, 0.15) is 6.10 Å². The maximum absolute atomic E-state index is 12.3. The Morgan fingerprint density at radius 3 is 2.73 bits per heavy atom. The number of nitrogens with one attached hydrogen (secondary N) is 1. The van der Waals surface area contributed by atoms with Gasteiger partial charge in [0.15, 0.2) is 11.5 Å². The average molecular weight is 318 g/mol. The molecule has 0 fully saturated rings. The highest BCUT2D eigenvalue weighted by atomic mass is 32.1. The lowest BCUT2D eigenvalue weighted by atomic mass is 10.1. The fourth-order valence-electron chi connectivity index (χ4n) is 2.34. The molecule has 0 bridgehead atoms. The average Bonchev–Trinajstić information content (AvgIpc) is 2.92. The molecule has 22 heavy (non-hydrogen) atoms. The van der Waals surface area contributed by atoms with E-state index in [1.54, 1.807) is 17.4 Å². The molecule has 2 atom stereocenters. The quantitative estimate of drug-likeness (QED) is 0.940. The van der Waals surface area contributed by atoms with Crippen LogP contribution in [0.25, 0.3) is 0 Å². The third kappa shape index (κ3) is 3.22. The minimum atomic E-state index is -0.632. The normalized spacial score (nSPS) is 19.7. The number of aryl methyl sites for hydroxylation is 1. The van der Waals surface area contributed by atoms with Crippen LogP contribution in [0.5, 0.6) is 11.5 Å². The number of carbonyl (C=O) groups is 1. The van der Waals surface area contributed by atoms with E-state index in [-0.39, 0.29) is 12.0 Å². The van der Waals surface area contributed by atoms with Gasteiger partial charge in [-0.3, -0.25) is 4.79 Å². The fourth-order valence-corrected chi connectivity index (χ4v) is 2.99. The topological polar surface area (TPSA) is 60.5 Å². The van der Waals surface area contributed by atoms with Crippen molar-refractivity contribution in [1.82, 2.24) is 10.3 Å². The second kappa shape index (κ2) is 6.36. The first-order valence-electron chi connectivity index (χ1n) is 7.24. The third-order valence-corrected chi connectivity index (χ3v) is 4.27. The van der Waals surface area contributed by atoms with Crippen LogP contribution >= 0.6 is 11.3 Å². The molecule has 1 aromatic carbocycles. The molecule has 0 unspecified atom stereocenters. The molecule has 2 aromatic rings. The molecule has 0 radical (unpaired) electrons. The Morgan fingerprint density at radius 2 is 2.05 bits per heavy atom. The molecule has 6 heteroatoms. The van der Waals surface area contributed by atoms with E-state index >= 15 is 0 Å². The van der Waals surface area contributed by atoms with Gasteiger partial charge in [-0.1, -0.05) is 12.1 Å². The molecule has 1 N–H and O–H groups in total. The van der Waals surface area contributed by atoms with Crippen LogP contribution in [-0.4, -0.2) is 29.6 Å². The van der Waals surface area contributed by atoms with E-state index in [1.807, 2.05) is 37.4 Å². The summed E-state index contributed by atoms with van der Waals surface area (Å²) in [6.45, 7) is 4.35. The lowest BCUT2D eigenvalue weighted by molar-refractivity contribution is -0.133. The van der Waals surface area contributed by atoms with E-state index in [0.717, 1.165) is 10.7 Å². The molecule has 5 nitrogen and oxygen atoms in total. The van der Waals surface area contributed by atoms with Crippen molar-refractivity contribution in [2.45, 2.75) is 32.5 Å². The van der Waals surface area contributed by atoms with Gasteiger partial charge in [-0.15, -0.1) is 11.3 Å². The smallest absolute Gasteiger partial charge is 0.265 e. The number of para-hydroxylation sites is 2. The van der Waals surface area contributed by atoms with Gasteiger partial charge in [0.25, 0.3) is 5.91 Å². The number of rotatable bonds is 4. The maximum Gasteiger partial charge on any atom is 0.265 e. The largest absolute Gasteiger partial charge is 0.482 e. The summed E-state index contributed by atoms with van der Waals surface area (Å²) < 4.78 is 11.5. The van der Waals surface area contributed by atoms with Crippen molar-refractivity contribution in [2.75, 3.05) is 6.54 Å². The second-order valence-corrected chi connectivity index (χ2v) is 6.27. The van der Waals surface area contributed by atoms with Crippen molar-refractivity contribution in [2.24, 2.45) is 0 Å². The molecule has 0 spiro atoms. The van der Waals surface area contributed by atoms with E-state index in [4.69, 9.17) is 9.47 Å². The third-order valence-electron chi connectivity index (χ3n) is 3.45. The molecule has 0 saturated heterocycles. The number of hydrogen-bond acceptors (Lipinski definition) is 5. The number of nitrogens with zero attached hydrogens (tertiary/aromatic N) is 1. The SMILES string of the molecule is Cc1nc(CCNC(=O)[C@@H]2Oc3ccccc3O[C@H]2C)cs1. The van der Waals surface area contributed by atoms with Crippen LogP contribution in [0.1, 0.15) is 17.6 Å². The predicted octanol–water partition coefficient (Wildman–Crippen LogP) is 2.34. The van der Waals surface area contributed by atoms with Crippen molar-refractivity contribution in [1.29, 1.82) is 0 Å². The van der Waals surface area contributed by atoms with Crippen LogP contribution in [0.15, 0.2) is 29.6 Å². The molecule has 116 valence electrons. The first kappa shape index (κ1) is 14.8. The lowest BCUT2D eigenvalue weighted by Gasteiger charge is -2.30. The number of fused-ring (bicyclic) bond motifs is 1. The summed E-state index contributed by atoms with van der Waals surface area (Å²) in [5.74, 6) is 1.13. The van der Waals surface area contributed by atoms with Crippen molar-refractivity contribution < 1.29 is 14.3 Å². The molecule has 2 heterocycles. The summed E-state index contributed by atoms with van der Waals surface area (Å²) in [6.07, 6.45) is -0.238. The monoisotopic (exact) mass is 318 g/mol. The van der Waals surface area contributed by atoms with E-state index < -0.39 is 6.10 Å². The van der Waals surface area contributed by atoms with Crippen LogP contribution in [0.4, 0.5) is 0 Å². The van der Waals surface area contributed by atoms with Gasteiger partial charge >= 0.3 is 0 Å². The van der Waals surface area contributed by atoms with Gasteiger partial charge in [0, 0.05) is 18.3 Å². The van der Waals surface area contributed by atoms with Crippen molar-refractivity contribution in [3.63, 3.8) is 0 Å². The summed E-state index contributed by atoms with van der Waals surface area (Å²) in [4.78, 5) is 16.7. The highest BCUT2D eigenvalue weighted by molar-refractivity contribution is 7.09. The number of benzene rings is 1. The standard InChI is InChI=1S/C16H18N2O3S/c1-10-15(21-14-6-4-3-5-13(14)20-10)16(19)17-8-7-12-9-22-11(2)18-12/h3-6,9-10,15H,7-8H2,1-2H3,(H,17,19)/t10-,15+/m0/s1. The predicted molar refractivity (Wildman–Crippen MR) is 84.5 cm³/mol. The second-order valence-electron chi connectivity index (χ2n) is 5.21. The van der Waals surface area contributed by atoms with Crippen LogP contribution < -0.4 is 14.8 Å². The van der Waals surface area contributed by atoms with Gasteiger partial charge in [-0.25, -0.2) is 4.98 Å². The first-order chi connectivity index (χ1) is 10.6. The summed E-state index contributed by atoms with van der Waals surface area (Å²) >= 11 is 1.62.